The fraction of sp³-hybridized carbons (Fsp3) is 0.267. The lowest BCUT2D eigenvalue weighted by Gasteiger charge is -2.10. The van der Waals surface area contributed by atoms with E-state index < -0.39 is 0 Å². The lowest BCUT2D eigenvalue weighted by Crippen LogP contribution is -2.05. The van der Waals surface area contributed by atoms with Gasteiger partial charge in [-0.05, 0) is 31.9 Å². The van der Waals surface area contributed by atoms with Crippen LogP contribution in [0.4, 0.5) is 0 Å². The number of benzene rings is 1. The van der Waals surface area contributed by atoms with Crippen molar-refractivity contribution in [3.63, 3.8) is 0 Å². The van der Waals surface area contributed by atoms with E-state index in [1.54, 1.807) is 6.33 Å². The van der Waals surface area contributed by atoms with Gasteiger partial charge in [0.25, 0.3) is 0 Å². The molecule has 2 aromatic heterocycles. The molecule has 0 amide bonds. The number of hydrogen-bond donors (Lipinski definition) is 0. The van der Waals surface area contributed by atoms with E-state index in [4.69, 9.17) is 16.6 Å². The van der Waals surface area contributed by atoms with E-state index in [9.17, 15) is 0 Å². The number of aromatic nitrogens is 4. The third-order valence-electron chi connectivity index (χ3n) is 3.70. The molecule has 0 N–H and O–H groups in total. The molecular formula is C15H13ClN4. The van der Waals surface area contributed by atoms with Crippen LogP contribution < -0.4 is 0 Å². The summed E-state index contributed by atoms with van der Waals surface area (Å²) in [4.78, 5) is 13.5. The molecule has 3 aromatic rings. The molecule has 1 aliphatic rings. The fourth-order valence-corrected chi connectivity index (χ4v) is 2.55. The Kier molecular flexibility index (Phi) is 2.54. The molecule has 5 heteroatoms. The number of imidazole rings is 1. The average Bonchev–Trinajstić information content (AvgIpc) is 3.22. The van der Waals surface area contributed by atoms with Crippen LogP contribution in [0.3, 0.4) is 0 Å². The first-order valence-electron chi connectivity index (χ1n) is 6.70. The molecule has 0 aliphatic heterocycles. The monoisotopic (exact) mass is 284 g/mol. The maximum atomic E-state index is 6.27. The lowest BCUT2D eigenvalue weighted by molar-refractivity contribution is 0.874. The number of hydrogen-bond acceptors (Lipinski definition) is 3. The molecule has 1 aliphatic carbocycles. The molecule has 20 heavy (non-hydrogen) atoms. The Hall–Kier alpha value is -1.94. The highest BCUT2D eigenvalue weighted by atomic mass is 35.5. The van der Waals surface area contributed by atoms with Crippen molar-refractivity contribution >= 4 is 22.6 Å². The summed E-state index contributed by atoms with van der Waals surface area (Å²) in [5, 5.41) is 0.537. The van der Waals surface area contributed by atoms with Crippen molar-refractivity contribution in [2.24, 2.45) is 0 Å². The highest BCUT2D eigenvalue weighted by Gasteiger charge is 2.28. The number of halogens is 1. The van der Waals surface area contributed by atoms with Crippen LogP contribution in [0.5, 0.6) is 0 Å². The number of fused-ring (bicyclic) bond motifs is 1. The quantitative estimate of drug-likeness (QED) is 0.675. The van der Waals surface area contributed by atoms with E-state index in [2.05, 4.69) is 9.97 Å². The van der Waals surface area contributed by atoms with Gasteiger partial charge in [-0.3, -0.25) is 4.57 Å². The first-order valence-corrected chi connectivity index (χ1v) is 7.08. The van der Waals surface area contributed by atoms with E-state index in [1.807, 2.05) is 35.8 Å². The molecule has 100 valence electrons. The largest absolute Gasteiger partial charge is 0.283 e. The van der Waals surface area contributed by atoms with Crippen LogP contribution in [0, 0.1) is 6.92 Å². The molecule has 0 unspecified atom stereocenters. The van der Waals surface area contributed by atoms with Gasteiger partial charge in [-0.15, -0.1) is 0 Å². The molecule has 0 saturated heterocycles. The molecule has 4 rings (SSSR count). The summed E-state index contributed by atoms with van der Waals surface area (Å²) in [6.07, 6.45) is 4.11. The summed E-state index contributed by atoms with van der Waals surface area (Å²) in [6.45, 7) is 1.95. The molecule has 0 atom stereocenters. The van der Waals surface area contributed by atoms with Crippen LogP contribution in [0.25, 0.3) is 16.9 Å². The van der Waals surface area contributed by atoms with Gasteiger partial charge in [-0.2, -0.15) is 0 Å². The molecule has 0 bridgehead atoms. The van der Waals surface area contributed by atoms with E-state index in [1.165, 1.54) is 0 Å². The minimum Gasteiger partial charge on any atom is -0.283 e. The summed E-state index contributed by atoms with van der Waals surface area (Å²) < 4.78 is 1.99. The highest BCUT2D eigenvalue weighted by Crippen LogP contribution is 2.39. The van der Waals surface area contributed by atoms with Gasteiger partial charge in [0.05, 0.1) is 11.0 Å². The van der Waals surface area contributed by atoms with Gasteiger partial charge in [0.1, 0.15) is 23.1 Å². The van der Waals surface area contributed by atoms with Crippen LogP contribution in [-0.4, -0.2) is 19.5 Å². The molecule has 0 spiro atoms. The molecule has 0 radical (unpaired) electrons. The van der Waals surface area contributed by atoms with Gasteiger partial charge >= 0.3 is 0 Å². The number of rotatable bonds is 2. The standard InChI is InChI=1S/C15H13ClN4/c1-9-13(16)18-14(10-6-7-10)19-15(9)20-8-17-11-4-2-3-5-12(11)20/h2-5,8,10H,6-7H2,1H3. The predicted octanol–water partition coefficient (Wildman–Crippen LogP) is 3.65. The van der Waals surface area contributed by atoms with Crippen LogP contribution in [0.2, 0.25) is 5.15 Å². The van der Waals surface area contributed by atoms with Gasteiger partial charge in [0, 0.05) is 11.5 Å². The molecule has 2 heterocycles. The van der Waals surface area contributed by atoms with E-state index >= 15 is 0 Å². The summed E-state index contributed by atoms with van der Waals surface area (Å²) >= 11 is 6.27. The van der Waals surface area contributed by atoms with Crippen LogP contribution in [0.1, 0.15) is 30.1 Å². The van der Waals surface area contributed by atoms with Crippen molar-refractivity contribution in [1.29, 1.82) is 0 Å². The lowest BCUT2D eigenvalue weighted by atomic mass is 10.3. The minimum absolute atomic E-state index is 0.474. The van der Waals surface area contributed by atoms with Gasteiger partial charge in [0.15, 0.2) is 0 Å². The summed E-state index contributed by atoms with van der Waals surface area (Å²) in [5.74, 6) is 2.16. The molecule has 1 aromatic carbocycles. The molecule has 1 saturated carbocycles. The minimum atomic E-state index is 0.474. The SMILES string of the molecule is Cc1c(Cl)nc(C2CC2)nc1-n1cnc2ccccc21. The third-order valence-corrected chi connectivity index (χ3v) is 4.07. The molecular weight excluding hydrogens is 272 g/mol. The van der Waals surface area contributed by atoms with Crippen LogP contribution in [-0.2, 0) is 0 Å². The smallest absolute Gasteiger partial charge is 0.146 e. The van der Waals surface area contributed by atoms with Crippen molar-refractivity contribution in [2.45, 2.75) is 25.7 Å². The normalized spacial score (nSPS) is 14.9. The van der Waals surface area contributed by atoms with Crippen molar-refractivity contribution < 1.29 is 0 Å². The summed E-state index contributed by atoms with van der Waals surface area (Å²) in [5.41, 5.74) is 2.88. The predicted molar refractivity (Wildman–Crippen MR) is 78.4 cm³/mol. The Labute approximate surface area is 121 Å². The fourth-order valence-electron chi connectivity index (χ4n) is 2.38. The third kappa shape index (κ3) is 1.79. The first-order chi connectivity index (χ1) is 9.74. The maximum absolute atomic E-state index is 6.27. The van der Waals surface area contributed by atoms with Crippen molar-refractivity contribution in [3.05, 3.63) is 47.1 Å². The second-order valence-corrected chi connectivity index (χ2v) is 5.56. The average molecular weight is 285 g/mol. The summed E-state index contributed by atoms with van der Waals surface area (Å²) in [6, 6.07) is 8.01. The van der Waals surface area contributed by atoms with E-state index in [0.29, 0.717) is 11.1 Å². The van der Waals surface area contributed by atoms with Crippen LogP contribution in [0.15, 0.2) is 30.6 Å². The Bertz CT molecular complexity index is 805. The zero-order chi connectivity index (χ0) is 13.7. The van der Waals surface area contributed by atoms with Crippen molar-refractivity contribution in [2.75, 3.05) is 0 Å². The Balaban J connectivity index is 1.97. The van der Waals surface area contributed by atoms with Gasteiger partial charge in [0.2, 0.25) is 0 Å². The Morgan fingerprint density at radius 3 is 2.80 bits per heavy atom. The van der Waals surface area contributed by atoms with E-state index in [0.717, 1.165) is 41.1 Å². The first kappa shape index (κ1) is 11.9. The zero-order valence-electron chi connectivity index (χ0n) is 11.0. The van der Waals surface area contributed by atoms with Gasteiger partial charge in [-0.25, -0.2) is 15.0 Å². The van der Waals surface area contributed by atoms with Crippen molar-refractivity contribution in [1.82, 2.24) is 19.5 Å². The molecule has 1 fully saturated rings. The topological polar surface area (TPSA) is 43.6 Å². The summed E-state index contributed by atoms with van der Waals surface area (Å²) in [7, 11) is 0. The second-order valence-electron chi connectivity index (χ2n) is 5.20. The van der Waals surface area contributed by atoms with Gasteiger partial charge < -0.3 is 0 Å². The van der Waals surface area contributed by atoms with E-state index in [-0.39, 0.29) is 0 Å². The van der Waals surface area contributed by atoms with Crippen molar-refractivity contribution in [3.8, 4) is 5.82 Å². The van der Waals surface area contributed by atoms with Crippen LogP contribution >= 0.6 is 11.6 Å². The number of nitrogens with zero attached hydrogens (tertiary/aromatic N) is 4. The highest BCUT2D eigenvalue weighted by molar-refractivity contribution is 6.30. The Morgan fingerprint density at radius 1 is 1.20 bits per heavy atom. The van der Waals surface area contributed by atoms with Gasteiger partial charge in [-0.1, -0.05) is 23.7 Å². The molecule has 4 nitrogen and oxygen atoms in total. The number of para-hydroxylation sites is 2. The maximum Gasteiger partial charge on any atom is 0.146 e. The second kappa shape index (κ2) is 4.28. The Morgan fingerprint density at radius 2 is 2.00 bits per heavy atom. The zero-order valence-corrected chi connectivity index (χ0v) is 11.8.